The van der Waals surface area contributed by atoms with Gasteiger partial charge in [-0.25, -0.2) is 0 Å². The van der Waals surface area contributed by atoms with Gasteiger partial charge in [-0.05, 0) is 24.1 Å². The minimum atomic E-state index is -0.280. The largest absolute Gasteiger partial charge is 0.348 e. The molecule has 0 radical (unpaired) electrons. The quantitative estimate of drug-likeness (QED) is 0.544. The van der Waals surface area contributed by atoms with E-state index in [2.05, 4.69) is 12.6 Å². The molecule has 2 nitrogen and oxygen atoms in total. The number of allylic oxidation sites excluding steroid dienone is 1. The van der Waals surface area contributed by atoms with E-state index in [0.717, 1.165) is 22.4 Å². The fourth-order valence-electron chi connectivity index (χ4n) is 1.84. The standard InChI is InChI=1S/C13H14N2/c1-4-5-10-6-7-11-9(2)15(3)13(14)12(11)8-10/h3-8,13H,2,14H2,1H3. The summed E-state index contributed by atoms with van der Waals surface area (Å²) in [5.74, 6) is 0. The average molecular weight is 198 g/mol. The van der Waals surface area contributed by atoms with E-state index in [1.54, 1.807) is 0 Å². The van der Waals surface area contributed by atoms with Gasteiger partial charge in [-0.3, -0.25) is 5.73 Å². The topological polar surface area (TPSA) is 29.0 Å². The number of hydrogen-bond acceptors (Lipinski definition) is 1. The molecule has 0 amide bonds. The third kappa shape index (κ3) is 1.43. The third-order valence-corrected chi connectivity index (χ3v) is 2.68. The van der Waals surface area contributed by atoms with Crippen LogP contribution in [0.2, 0.25) is 0 Å². The lowest BCUT2D eigenvalue weighted by Gasteiger charge is -2.06. The maximum Gasteiger partial charge on any atom is 0.203 e. The maximum atomic E-state index is 5.96. The summed E-state index contributed by atoms with van der Waals surface area (Å²) in [6, 6.07) is 6.10. The molecule has 0 saturated heterocycles. The highest BCUT2D eigenvalue weighted by atomic mass is 15.1. The number of rotatable bonds is 1. The number of nitrogens with two attached hydrogens (primary N) is 1. The zero-order valence-corrected chi connectivity index (χ0v) is 8.77. The summed E-state index contributed by atoms with van der Waals surface area (Å²) in [7, 11) is 0. The van der Waals surface area contributed by atoms with Crippen LogP contribution in [0.25, 0.3) is 11.8 Å². The molecule has 1 unspecified atom stereocenters. The Kier molecular flexibility index (Phi) is 2.29. The SMILES string of the molecule is [CH-]=[N+]1C(=C)c2ccc(C=CC)cc2C1N. The van der Waals surface area contributed by atoms with Crippen LogP contribution in [0.1, 0.15) is 29.8 Å². The normalized spacial score (nSPS) is 20.0. The van der Waals surface area contributed by atoms with Crippen molar-refractivity contribution in [1.29, 1.82) is 0 Å². The summed E-state index contributed by atoms with van der Waals surface area (Å²) in [6.07, 6.45) is 3.75. The molecule has 0 aromatic heterocycles. The first-order valence-electron chi connectivity index (χ1n) is 4.90. The van der Waals surface area contributed by atoms with Crippen LogP contribution in [-0.4, -0.2) is 11.3 Å². The van der Waals surface area contributed by atoms with Gasteiger partial charge < -0.3 is 4.58 Å². The van der Waals surface area contributed by atoms with Crippen molar-refractivity contribution in [3.8, 4) is 0 Å². The number of fused-ring (bicyclic) bond motifs is 1. The fourth-order valence-corrected chi connectivity index (χ4v) is 1.84. The van der Waals surface area contributed by atoms with E-state index in [0.29, 0.717) is 0 Å². The van der Waals surface area contributed by atoms with Crippen molar-refractivity contribution in [2.75, 3.05) is 0 Å². The van der Waals surface area contributed by atoms with Crippen LogP contribution in [0.3, 0.4) is 0 Å². The molecule has 1 aromatic carbocycles. The van der Waals surface area contributed by atoms with Crippen LogP contribution in [0, 0.1) is 0 Å². The molecule has 1 aliphatic heterocycles. The molecule has 2 N–H and O–H groups in total. The number of nitrogens with zero attached hydrogens (tertiary/aromatic N) is 1. The van der Waals surface area contributed by atoms with E-state index in [1.807, 2.05) is 31.2 Å². The molecule has 0 fully saturated rings. The average Bonchev–Trinajstić information content (AvgIpc) is 2.45. The Hall–Kier alpha value is -1.67. The van der Waals surface area contributed by atoms with E-state index in [1.165, 1.54) is 4.58 Å². The maximum absolute atomic E-state index is 5.96. The van der Waals surface area contributed by atoms with E-state index in [9.17, 15) is 0 Å². The molecule has 0 aliphatic carbocycles. The van der Waals surface area contributed by atoms with Crippen molar-refractivity contribution in [2.24, 2.45) is 5.73 Å². The molecular weight excluding hydrogens is 184 g/mol. The Labute approximate surface area is 90.0 Å². The Morgan fingerprint density at radius 3 is 2.93 bits per heavy atom. The summed E-state index contributed by atoms with van der Waals surface area (Å²) in [4.78, 5) is 0. The highest BCUT2D eigenvalue weighted by molar-refractivity contribution is 5.67. The number of hydrogen-bond donors (Lipinski definition) is 1. The Morgan fingerprint density at radius 2 is 2.27 bits per heavy atom. The van der Waals surface area contributed by atoms with E-state index in [-0.39, 0.29) is 6.17 Å². The predicted octanol–water partition coefficient (Wildman–Crippen LogP) is 2.25. The molecule has 15 heavy (non-hydrogen) atoms. The molecule has 76 valence electrons. The second kappa shape index (κ2) is 3.48. The van der Waals surface area contributed by atoms with Gasteiger partial charge in [-0.1, -0.05) is 24.3 Å². The monoisotopic (exact) mass is 198 g/mol. The highest BCUT2D eigenvalue weighted by Crippen LogP contribution is 2.33. The van der Waals surface area contributed by atoms with Gasteiger partial charge in [-0.2, -0.15) is 0 Å². The molecule has 1 aliphatic rings. The fraction of sp³-hybridized carbons (Fsp3) is 0.154. The summed E-state index contributed by atoms with van der Waals surface area (Å²) < 4.78 is 1.50. The van der Waals surface area contributed by atoms with Gasteiger partial charge in [0.15, 0.2) is 0 Å². The first kappa shape index (κ1) is 9.87. The molecule has 1 atom stereocenters. The summed E-state index contributed by atoms with van der Waals surface area (Å²) in [6.45, 7) is 11.7. The van der Waals surface area contributed by atoms with Crippen molar-refractivity contribution in [1.82, 2.24) is 0 Å². The van der Waals surface area contributed by atoms with Crippen molar-refractivity contribution >= 4 is 18.5 Å². The molecule has 1 aromatic rings. The highest BCUT2D eigenvalue weighted by Gasteiger charge is 2.26. The van der Waals surface area contributed by atoms with Crippen molar-refractivity contribution in [2.45, 2.75) is 13.1 Å². The van der Waals surface area contributed by atoms with Crippen LogP contribution in [0.5, 0.6) is 0 Å². The van der Waals surface area contributed by atoms with E-state index in [4.69, 9.17) is 12.5 Å². The van der Waals surface area contributed by atoms with Gasteiger partial charge in [-0.15, -0.1) is 6.58 Å². The molecule has 0 bridgehead atoms. The van der Waals surface area contributed by atoms with Gasteiger partial charge in [0.2, 0.25) is 6.17 Å². The van der Waals surface area contributed by atoms with Gasteiger partial charge in [0.1, 0.15) is 0 Å². The van der Waals surface area contributed by atoms with Gasteiger partial charge in [0, 0.05) is 12.3 Å². The van der Waals surface area contributed by atoms with Crippen LogP contribution in [0.15, 0.2) is 30.9 Å². The van der Waals surface area contributed by atoms with Crippen LogP contribution >= 0.6 is 0 Å². The molecular formula is C13H14N2. The lowest BCUT2D eigenvalue weighted by molar-refractivity contribution is -0.464. The van der Waals surface area contributed by atoms with E-state index < -0.39 is 0 Å². The third-order valence-electron chi connectivity index (χ3n) is 2.68. The van der Waals surface area contributed by atoms with E-state index >= 15 is 0 Å². The zero-order chi connectivity index (χ0) is 11.0. The van der Waals surface area contributed by atoms with Crippen LogP contribution in [0.4, 0.5) is 0 Å². The van der Waals surface area contributed by atoms with Crippen LogP contribution < -0.4 is 5.73 Å². The van der Waals surface area contributed by atoms with Gasteiger partial charge in [0.25, 0.3) is 0 Å². The zero-order valence-electron chi connectivity index (χ0n) is 8.77. The van der Waals surface area contributed by atoms with Crippen LogP contribution in [-0.2, 0) is 0 Å². The Morgan fingerprint density at radius 1 is 1.53 bits per heavy atom. The van der Waals surface area contributed by atoms with Gasteiger partial charge in [0.05, 0.1) is 5.70 Å². The summed E-state index contributed by atoms with van der Waals surface area (Å²) >= 11 is 0. The predicted molar refractivity (Wildman–Crippen MR) is 63.4 cm³/mol. The minimum Gasteiger partial charge on any atom is -0.348 e. The molecule has 1 heterocycles. The molecule has 0 saturated carbocycles. The van der Waals surface area contributed by atoms with Crippen molar-refractivity contribution in [3.63, 3.8) is 0 Å². The molecule has 0 spiro atoms. The lowest BCUT2D eigenvalue weighted by atomic mass is 10.0. The lowest BCUT2D eigenvalue weighted by Crippen LogP contribution is -2.17. The Bertz CT molecular complexity index is 469. The second-order valence-electron chi connectivity index (χ2n) is 3.65. The summed E-state index contributed by atoms with van der Waals surface area (Å²) in [5.41, 5.74) is 9.96. The summed E-state index contributed by atoms with van der Waals surface area (Å²) in [5, 5.41) is 0. The number of benzene rings is 1. The smallest absolute Gasteiger partial charge is 0.203 e. The first-order chi connectivity index (χ1) is 7.15. The second-order valence-corrected chi connectivity index (χ2v) is 3.65. The Balaban J connectivity index is 2.56. The molecule has 2 rings (SSSR count). The van der Waals surface area contributed by atoms with Crippen molar-refractivity contribution in [3.05, 3.63) is 47.5 Å². The van der Waals surface area contributed by atoms with Crippen molar-refractivity contribution < 1.29 is 4.58 Å². The minimum absolute atomic E-state index is 0.280. The first-order valence-corrected chi connectivity index (χ1v) is 4.90. The van der Waals surface area contributed by atoms with Gasteiger partial charge >= 0.3 is 0 Å². The molecule has 2 heteroatoms.